The van der Waals surface area contributed by atoms with Crippen LogP contribution in [0.2, 0.25) is 0 Å². The fourth-order valence-corrected chi connectivity index (χ4v) is 0.734. The van der Waals surface area contributed by atoms with Crippen LogP contribution < -0.4 is 5.73 Å². The van der Waals surface area contributed by atoms with Crippen molar-refractivity contribution < 1.29 is 5.11 Å². The predicted molar refractivity (Wildman–Crippen MR) is 40.8 cm³/mol. The highest BCUT2D eigenvalue weighted by atomic mass is 16.3. The van der Waals surface area contributed by atoms with Gasteiger partial charge in [0.2, 0.25) is 0 Å². The summed E-state index contributed by atoms with van der Waals surface area (Å²) in [5.74, 6) is 0.396. The smallest absolute Gasteiger partial charge is 0.158 e. The summed E-state index contributed by atoms with van der Waals surface area (Å²) in [5.41, 5.74) is 6.06. The van der Waals surface area contributed by atoms with Crippen molar-refractivity contribution >= 4 is 0 Å². The molecule has 0 radical (unpaired) electrons. The maximum atomic E-state index is 9.20. The topological polar surface area (TPSA) is 72.0 Å². The summed E-state index contributed by atoms with van der Waals surface area (Å²) in [6.07, 6.45) is 0.867. The molecule has 1 aromatic rings. The lowest BCUT2D eigenvalue weighted by Crippen LogP contribution is -2.14. The molecule has 60 valence electrons. The molecule has 1 aromatic heterocycles. The van der Waals surface area contributed by atoms with Gasteiger partial charge in [-0.25, -0.2) is 9.97 Å². The molecule has 0 amide bonds. The number of aromatic nitrogens is 2. The minimum atomic E-state index is -0.741. The fourth-order valence-electron chi connectivity index (χ4n) is 0.734. The van der Waals surface area contributed by atoms with Crippen molar-refractivity contribution in [1.82, 2.24) is 9.97 Å². The summed E-state index contributed by atoms with van der Waals surface area (Å²) in [5, 5.41) is 9.20. The van der Waals surface area contributed by atoms with E-state index in [9.17, 15) is 5.11 Å². The molecule has 0 spiro atoms. The molecule has 0 aliphatic carbocycles. The Labute approximate surface area is 65.1 Å². The Kier molecular flexibility index (Phi) is 2.51. The van der Waals surface area contributed by atoms with Gasteiger partial charge in [0.05, 0.1) is 0 Å². The standard InChI is InChI=1S/C7H11N3O/c1-5-2-3-9-7(10-5)6(11)4-8/h2-3,6,11H,4,8H2,1H3. The van der Waals surface area contributed by atoms with Crippen LogP contribution in [0.3, 0.4) is 0 Å². The zero-order chi connectivity index (χ0) is 8.27. The van der Waals surface area contributed by atoms with Gasteiger partial charge < -0.3 is 10.8 Å². The number of nitrogens with zero attached hydrogens (tertiary/aromatic N) is 2. The monoisotopic (exact) mass is 153 g/mol. The number of nitrogens with two attached hydrogens (primary N) is 1. The Bertz CT molecular complexity index is 239. The third-order valence-corrected chi connectivity index (χ3v) is 1.33. The van der Waals surface area contributed by atoms with Crippen molar-refractivity contribution in [3.05, 3.63) is 23.8 Å². The van der Waals surface area contributed by atoms with Gasteiger partial charge in [-0.05, 0) is 13.0 Å². The largest absolute Gasteiger partial charge is 0.384 e. The van der Waals surface area contributed by atoms with Crippen molar-refractivity contribution in [2.75, 3.05) is 6.54 Å². The van der Waals surface area contributed by atoms with Crippen LogP contribution in [0.1, 0.15) is 17.6 Å². The van der Waals surface area contributed by atoms with Crippen LogP contribution in [-0.2, 0) is 0 Å². The molecule has 11 heavy (non-hydrogen) atoms. The minimum absolute atomic E-state index is 0.156. The highest BCUT2D eigenvalue weighted by Gasteiger charge is 2.06. The molecule has 0 aromatic carbocycles. The van der Waals surface area contributed by atoms with Crippen molar-refractivity contribution in [2.45, 2.75) is 13.0 Å². The fraction of sp³-hybridized carbons (Fsp3) is 0.429. The molecule has 0 saturated carbocycles. The van der Waals surface area contributed by atoms with Crippen molar-refractivity contribution in [2.24, 2.45) is 5.73 Å². The van der Waals surface area contributed by atoms with Crippen LogP contribution in [-0.4, -0.2) is 21.6 Å². The van der Waals surface area contributed by atoms with Gasteiger partial charge in [-0.1, -0.05) is 0 Å². The Morgan fingerprint density at radius 2 is 2.45 bits per heavy atom. The van der Waals surface area contributed by atoms with Crippen LogP contribution in [0.15, 0.2) is 12.3 Å². The van der Waals surface area contributed by atoms with E-state index in [1.54, 1.807) is 12.3 Å². The summed E-state index contributed by atoms with van der Waals surface area (Å²) in [7, 11) is 0. The molecule has 3 N–H and O–H groups in total. The summed E-state index contributed by atoms with van der Waals surface area (Å²) in [6, 6.07) is 1.77. The number of aliphatic hydroxyl groups excluding tert-OH is 1. The number of aryl methyl sites for hydroxylation is 1. The van der Waals surface area contributed by atoms with Crippen LogP contribution in [0.4, 0.5) is 0 Å². The number of aliphatic hydroxyl groups is 1. The third kappa shape index (κ3) is 1.96. The molecule has 1 unspecified atom stereocenters. The third-order valence-electron chi connectivity index (χ3n) is 1.33. The van der Waals surface area contributed by atoms with Gasteiger partial charge in [0.15, 0.2) is 5.82 Å². The van der Waals surface area contributed by atoms with Gasteiger partial charge in [-0.3, -0.25) is 0 Å². The first-order valence-corrected chi connectivity index (χ1v) is 3.41. The zero-order valence-electron chi connectivity index (χ0n) is 6.36. The molecule has 1 rings (SSSR count). The van der Waals surface area contributed by atoms with E-state index < -0.39 is 6.10 Å². The minimum Gasteiger partial charge on any atom is -0.384 e. The van der Waals surface area contributed by atoms with Gasteiger partial charge in [-0.2, -0.15) is 0 Å². The average molecular weight is 153 g/mol. The first kappa shape index (κ1) is 8.10. The maximum Gasteiger partial charge on any atom is 0.158 e. The quantitative estimate of drug-likeness (QED) is 0.616. The predicted octanol–water partition coefficient (Wildman–Crippen LogP) is -0.223. The second-order valence-corrected chi connectivity index (χ2v) is 2.31. The average Bonchev–Trinajstić information content (AvgIpc) is 2.03. The first-order chi connectivity index (χ1) is 5.24. The molecule has 0 fully saturated rings. The van der Waals surface area contributed by atoms with Crippen molar-refractivity contribution in [1.29, 1.82) is 0 Å². The van der Waals surface area contributed by atoms with Crippen molar-refractivity contribution in [3.8, 4) is 0 Å². The number of hydrogen-bond donors (Lipinski definition) is 2. The second kappa shape index (κ2) is 3.41. The van der Waals surface area contributed by atoms with Crippen LogP contribution in [0.5, 0.6) is 0 Å². The van der Waals surface area contributed by atoms with Crippen LogP contribution in [0, 0.1) is 6.92 Å². The number of hydrogen-bond acceptors (Lipinski definition) is 4. The zero-order valence-corrected chi connectivity index (χ0v) is 6.36. The number of rotatable bonds is 2. The van der Waals surface area contributed by atoms with Gasteiger partial charge in [0, 0.05) is 18.4 Å². The molecule has 4 nitrogen and oxygen atoms in total. The lowest BCUT2D eigenvalue weighted by molar-refractivity contribution is 0.176. The maximum absolute atomic E-state index is 9.20. The van der Waals surface area contributed by atoms with Gasteiger partial charge >= 0.3 is 0 Å². The van der Waals surface area contributed by atoms with E-state index in [1.807, 2.05) is 6.92 Å². The molecule has 1 heterocycles. The van der Waals surface area contributed by atoms with Crippen LogP contribution in [0.25, 0.3) is 0 Å². The molecule has 0 aliphatic rings. The summed E-state index contributed by atoms with van der Waals surface area (Å²) >= 11 is 0. The van der Waals surface area contributed by atoms with E-state index in [-0.39, 0.29) is 6.54 Å². The van der Waals surface area contributed by atoms with E-state index in [0.717, 1.165) is 5.69 Å². The van der Waals surface area contributed by atoms with Gasteiger partial charge in [0.25, 0.3) is 0 Å². The normalized spacial score (nSPS) is 13.0. The Morgan fingerprint density at radius 3 is 3.00 bits per heavy atom. The highest BCUT2D eigenvalue weighted by Crippen LogP contribution is 2.03. The lowest BCUT2D eigenvalue weighted by Gasteiger charge is -2.04. The van der Waals surface area contributed by atoms with E-state index in [2.05, 4.69) is 9.97 Å². The summed E-state index contributed by atoms with van der Waals surface area (Å²) in [6.45, 7) is 2.00. The summed E-state index contributed by atoms with van der Waals surface area (Å²) in [4.78, 5) is 7.87. The van der Waals surface area contributed by atoms with E-state index in [4.69, 9.17) is 5.73 Å². The van der Waals surface area contributed by atoms with E-state index in [0.29, 0.717) is 5.82 Å². The van der Waals surface area contributed by atoms with Crippen LogP contribution >= 0.6 is 0 Å². The molecule has 4 heteroatoms. The summed E-state index contributed by atoms with van der Waals surface area (Å²) < 4.78 is 0. The second-order valence-electron chi connectivity index (χ2n) is 2.31. The van der Waals surface area contributed by atoms with Gasteiger partial charge in [0.1, 0.15) is 6.10 Å². The molecular weight excluding hydrogens is 142 g/mol. The highest BCUT2D eigenvalue weighted by molar-refractivity contribution is 5.01. The molecular formula is C7H11N3O. The Morgan fingerprint density at radius 1 is 1.73 bits per heavy atom. The Balaban J connectivity index is 2.86. The lowest BCUT2D eigenvalue weighted by atomic mass is 10.3. The van der Waals surface area contributed by atoms with E-state index in [1.165, 1.54) is 0 Å². The molecule has 0 saturated heterocycles. The van der Waals surface area contributed by atoms with E-state index >= 15 is 0 Å². The molecule has 1 atom stereocenters. The van der Waals surface area contributed by atoms with Gasteiger partial charge in [-0.15, -0.1) is 0 Å². The SMILES string of the molecule is Cc1ccnc(C(O)CN)n1. The van der Waals surface area contributed by atoms with Crippen molar-refractivity contribution in [3.63, 3.8) is 0 Å². The first-order valence-electron chi connectivity index (χ1n) is 3.41. The molecule has 0 aliphatic heterocycles. The Hall–Kier alpha value is -1.00. The molecule has 0 bridgehead atoms.